The molecule has 0 saturated carbocycles. The second-order valence-electron chi connectivity index (χ2n) is 5.92. The smallest absolute Gasteiger partial charge is 0.275 e. The minimum atomic E-state index is -0.464. The average molecular weight is 392 g/mol. The Morgan fingerprint density at radius 3 is 2.86 bits per heavy atom. The van der Waals surface area contributed by atoms with Crippen molar-refractivity contribution >= 4 is 40.0 Å². The third kappa shape index (κ3) is 3.23. The van der Waals surface area contributed by atoms with Gasteiger partial charge in [0.2, 0.25) is 0 Å². The van der Waals surface area contributed by atoms with Crippen LogP contribution in [0.1, 0.15) is 16.1 Å². The Morgan fingerprint density at radius 1 is 1.25 bits per heavy atom. The van der Waals surface area contributed by atoms with Crippen LogP contribution in [0.15, 0.2) is 69.1 Å². The monoisotopic (exact) mass is 392 g/mol. The summed E-state index contributed by atoms with van der Waals surface area (Å²) >= 11 is 1.30. The van der Waals surface area contributed by atoms with Gasteiger partial charge in [-0.15, -0.1) is 11.3 Å². The van der Waals surface area contributed by atoms with Crippen molar-refractivity contribution < 1.29 is 13.6 Å². The lowest BCUT2D eigenvalue weighted by atomic mass is 10.0. The molecule has 7 heteroatoms. The van der Waals surface area contributed by atoms with Crippen molar-refractivity contribution in [3.8, 4) is 11.3 Å². The number of carbonyl (C=O) groups is 1. The van der Waals surface area contributed by atoms with Gasteiger partial charge >= 0.3 is 0 Å². The zero-order valence-electron chi connectivity index (χ0n) is 14.4. The predicted octanol–water partition coefficient (Wildman–Crippen LogP) is 4.95. The summed E-state index contributed by atoms with van der Waals surface area (Å²) in [4.78, 5) is 28.9. The first-order chi connectivity index (χ1) is 13.6. The fraction of sp³-hybridized carbons (Fsp3) is 0. The van der Waals surface area contributed by atoms with Crippen molar-refractivity contribution in [1.29, 1.82) is 0 Å². The van der Waals surface area contributed by atoms with E-state index in [0.29, 0.717) is 22.2 Å². The topological polar surface area (TPSA) is 72.2 Å². The van der Waals surface area contributed by atoms with E-state index in [1.807, 2.05) is 0 Å². The number of aromatic nitrogens is 1. The van der Waals surface area contributed by atoms with Crippen LogP contribution in [0.25, 0.3) is 28.4 Å². The lowest BCUT2D eigenvalue weighted by molar-refractivity contribution is 0.102. The van der Waals surface area contributed by atoms with E-state index in [-0.39, 0.29) is 22.5 Å². The third-order valence-electron chi connectivity index (χ3n) is 4.17. The number of nitrogens with one attached hydrogen (secondary N) is 1. The third-order valence-corrected chi connectivity index (χ3v) is 4.76. The second kappa shape index (κ2) is 7.21. The first-order valence-corrected chi connectivity index (χ1v) is 9.20. The zero-order valence-corrected chi connectivity index (χ0v) is 15.3. The Morgan fingerprint density at radius 2 is 2.11 bits per heavy atom. The van der Waals surface area contributed by atoms with E-state index in [1.165, 1.54) is 29.5 Å². The quantitative estimate of drug-likeness (QED) is 0.533. The molecule has 0 aliphatic carbocycles. The predicted molar refractivity (Wildman–Crippen MR) is 108 cm³/mol. The zero-order chi connectivity index (χ0) is 19.7. The maximum absolute atomic E-state index is 13.8. The molecule has 28 heavy (non-hydrogen) atoms. The van der Waals surface area contributed by atoms with E-state index in [1.54, 1.807) is 41.2 Å². The highest BCUT2D eigenvalue weighted by atomic mass is 32.1. The summed E-state index contributed by atoms with van der Waals surface area (Å²) in [7, 11) is 0. The van der Waals surface area contributed by atoms with Crippen LogP contribution >= 0.6 is 11.3 Å². The Balaban J connectivity index is 1.88. The summed E-state index contributed by atoms with van der Waals surface area (Å²) in [5.41, 5.74) is 3.05. The van der Waals surface area contributed by atoms with Crippen LogP contribution in [-0.2, 0) is 0 Å². The van der Waals surface area contributed by atoms with Crippen molar-refractivity contribution in [1.82, 2.24) is 4.98 Å². The molecule has 0 bridgehead atoms. The molecule has 4 rings (SSSR count). The largest absolute Gasteiger partial charge is 0.454 e. The minimum absolute atomic E-state index is 0.183. The molecule has 0 spiro atoms. The molecule has 1 amide bonds. The highest BCUT2D eigenvalue weighted by Gasteiger charge is 2.15. The van der Waals surface area contributed by atoms with Gasteiger partial charge in [-0.05, 0) is 29.8 Å². The van der Waals surface area contributed by atoms with Crippen molar-refractivity contribution in [3.05, 3.63) is 87.2 Å². The van der Waals surface area contributed by atoms with Crippen molar-refractivity contribution in [2.45, 2.75) is 0 Å². The number of hydrogen-bond acceptors (Lipinski definition) is 5. The summed E-state index contributed by atoms with van der Waals surface area (Å²) < 4.78 is 19.7. The van der Waals surface area contributed by atoms with Gasteiger partial charge in [-0.3, -0.25) is 9.59 Å². The molecule has 0 fully saturated rings. The molecule has 0 aliphatic rings. The lowest BCUT2D eigenvalue weighted by Crippen LogP contribution is -2.13. The summed E-state index contributed by atoms with van der Waals surface area (Å²) in [6.45, 7) is 3.71. The maximum atomic E-state index is 13.8. The Hall–Kier alpha value is -3.58. The molecule has 2 heterocycles. The molecule has 0 unspecified atom stereocenters. The van der Waals surface area contributed by atoms with Crippen molar-refractivity contribution in [2.24, 2.45) is 0 Å². The standard InChI is InChI=1S/C21H13FN2O3S/c1-2-12-6-7-13(22)8-15(12)19-9-18(25)14-4-3-5-16(20(14)27-19)24-21(26)17-10-28-11-23-17/h2-11H,1H2,(H,24,26). The molecule has 2 aromatic heterocycles. The Kier molecular flexibility index (Phi) is 4.58. The van der Waals surface area contributed by atoms with Crippen LogP contribution in [-0.4, -0.2) is 10.9 Å². The fourth-order valence-electron chi connectivity index (χ4n) is 2.84. The molecule has 0 aliphatic heterocycles. The fourth-order valence-corrected chi connectivity index (χ4v) is 3.37. The van der Waals surface area contributed by atoms with E-state index >= 15 is 0 Å². The summed E-state index contributed by atoms with van der Waals surface area (Å²) in [5, 5.41) is 4.63. The van der Waals surface area contributed by atoms with Crippen LogP contribution in [0.3, 0.4) is 0 Å². The van der Waals surface area contributed by atoms with E-state index in [2.05, 4.69) is 16.9 Å². The number of benzene rings is 2. The number of halogens is 1. The van der Waals surface area contributed by atoms with Crippen LogP contribution in [0.5, 0.6) is 0 Å². The molecule has 138 valence electrons. The summed E-state index contributed by atoms with van der Waals surface area (Å²) in [6, 6.07) is 10.3. The lowest BCUT2D eigenvalue weighted by Gasteiger charge is -2.10. The van der Waals surface area contributed by atoms with E-state index in [0.717, 1.165) is 0 Å². The number of hydrogen-bond donors (Lipinski definition) is 1. The number of amides is 1. The number of thiazole rings is 1. The molecule has 0 atom stereocenters. The highest BCUT2D eigenvalue weighted by Crippen LogP contribution is 2.30. The van der Waals surface area contributed by atoms with E-state index in [4.69, 9.17) is 4.42 Å². The van der Waals surface area contributed by atoms with Crippen molar-refractivity contribution in [3.63, 3.8) is 0 Å². The molecule has 0 saturated heterocycles. The van der Waals surface area contributed by atoms with Gasteiger partial charge in [-0.2, -0.15) is 0 Å². The molecule has 2 aromatic carbocycles. The summed E-state index contributed by atoms with van der Waals surface area (Å²) in [6.07, 6.45) is 1.55. The van der Waals surface area contributed by atoms with E-state index < -0.39 is 11.7 Å². The first kappa shape index (κ1) is 17.8. The number of para-hydroxylation sites is 1. The van der Waals surface area contributed by atoms with Gasteiger partial charge in [0.05, 0.1) is 16.6 Å². The van der Waals surface area contributed by atoms with Crippen LogP contribution in [0.4, 0.5) is 10.1 Å². The summed E-state index contributed by atoms with van der Waals surface area (Å²) in [5.74, 6) is -0.699. The van der Waals surface area contributed by atoms with Crippen LogP contribution < -0.4 is 10.7 Å². The molecular weight excluding hydrogens is 379 g/mol. The van der Waals surface area contributed by atoms with Gasteiger partial charge in [-0.1, -0.05) is 24.8 Å². The average Bonchev–Trinajstić information content (AvgIpc) is 3.23. The SMILES string of the molecule is C=Cc1ccc(F)cc1-c1cc(=O)c2cccc(NC(=O)c3cscn3)c2o1. The maximum Gasteiger partial charge on any atom is 0.275 e. The molecular formula is C21H13FN2O3S. The van der Waals surface area contributed by atoms with E-state index in [9.17, 15) is 14.0 Å². The molecule has 0 radical (unpaired) electrons. The van der Waals surface area contributed by atoms with Crippen molar-refractivity contribution in [2.75, 3.05) is 5.32 Å². The van der Waals surface area contributed by atoms with Gasteiger partial charge in [0.25, 0.3) is 5.91 Å². The molecule has 1 N–H and O–H groups in total. The van der Waals surface area contributed by atoms with Gasteiger partial charge in [-0.25, -0.2) is 9.37 Å². The number of carbonyl (C=O) groups excluding carboxylic acids is 1. The van der Waals surface area contributed by atoms with Crippen LogP contribution in [0.2, 0.25) is 0 Å². The minimum Gasteiger partial charge on any atom is -0.454 e. The highest BCUT2D eigenvalue weighted by molar-refractivity contribution is 7.07. The number of anilines is 1. The normalized spacial score (nSPS) is 10.8. The van der Waals surface area contributed by atoms with Gasteiger partial charge in [0.15, 0.2) is 11.0 Å². The van der Waals surface area contributed by atoms with Gasteiger partial charge in [0.1, 0.15) is 17.3 Å². The number of nitrogens with zero attached hydrogens (tertiary/aromatic N) is 1. The number of rotatable bonds is 4. The van der Waals surface area contributed by atoms with Crippen LogP contribution in [0, 0.1) is 5.82 Å². The Labute approximate surface area is 162 Å². The Bertz CT molecular complexity index is 1260. The first-order valence-electron chi connectivity index (χ1n) is 8.25. The molecule has 4 aromatic rings. The van der Waals surface area contributed by atoms with Gasteiger partial charge in [0, 0.05) is 17.0 Å². The second-order valence-corrected chi connectivity index (χ2v) is 6.64. The molecule has 5 nitrogen and oxygen atoms in total. The number of fused-ring (bicyclic) bond motifs is 1. The van der Waals surface area contributed by atoms with Gasteiger partial charge < -0.3 is 9.73 Å².